The molecule has 5 aliphatic rings. The molecule has 0 aromatic heterocycles. The molecule has 5 aliphatic heterocycles. The second-order valence-electron chi connectivity index (χ2n) is 14.8. The van der Waals surface area contributed by atoms with Crippen molar-refractivity contribution in [1.29, 1.82) is 0 Å². The van der Waals surface area contributed by atoms with E-state index < -0.39 is 0 Å². The molecule has 5 rings (SSSR count). The lowest BCUT2D eigenvalue weighted by molar-refractivity contribution is 0.256. The Balaban J connectivity index is 1.49. The van der Waals surface area contributed by atoms with Crippen LogP contribution in [0.15, 0.2) is 0 Å². The summed E-state index contributed by atoms with van der Waals surface area (Å²) in [5.74, 6) is 6.57. The lowest BCUT2D eigenvalue weighted by Crippen LogP contribution is -2.45. The maximum Gasteiger partial charge on any atom is 0.0116 e. The molecule has 8 bridgehead atoms. The molecule has 0 radical (unpaired) electrons. The number of rotatable bonds is 7. The van der Waals surface area contributed by atoms with E-state index in [1.165, 1.54) is 70.6 Å². The molecule has 16 unspecified atom stereocenters. The van der Waals surface area contributed by atoms with E-state index in [0.29, 0.717) is 48.3 Å². The van der Waals surface area contributed by atoms with Crippen LogP contribution < -0.4 is 21.3 Å². The van der Waals surface area contributed by atoms with Crippen LogP contribution in [-0.4, -0.2) is 48.3 Å². The van der Waals surface area contributed by atoms with Gasteiger partial charge in [-0.15, -0.1) is 0 Å². The molecular formula is C35H66N4. The highest BCUT2D eigenvalue weighted by molar-refractivity contribution is 5.09. The Hall–Kier alpha value is -0.160. The van der Waals surface area contributed by atoms with Crippen LogP contribution in [0.25, 0.3) is 0 Å². The fraction of sp³-hybridized carbons (Fsp3) is 1.00. The van der Waals surface area contributed by atoms with Crippen molar-refractivity contribution in [3.8, 4) is 0 Å². The van der Waals surface area contributed by atoms with E-state index in [0.717, 1.165) is 47.3 Å². The first-order valence-electron chi connectivity index (χ1n) is 18.0. The molecule has 0 saturated carbocycles. The van der Waals surface area contributed by atoms with Crippen molar-refractivity contribution in [1.82, 2.24) is 21.3 Å². The predicted octanol–water partition coefficient (Wildman–Crippen LogP) is 6.74. The van der Waals surface area contributed by atoms with E-state index >= 15 is 0 Å². The standard InChI is InChI=1S/C35H66N4/c1-9-21-20(8)28-16-30-22(10-2)23(11-3)32(37-30)18-34-26(14-6)27(15-7)35(39-34)19-33-25(13-5)24(12-4)31(38-33)17-29(21)36-28/h20-39H,9-19H2,1-8H3. The molecule has 39 heavy (non-hydrogen) atoms. The Labute approximate surface area is 242 Å². The van der Waals surface area contributed by atoms with E-state index in [4.69, 9.17) is 0 Å². The molecule has 4 N–H and O–H groups in total. The largest absolute Gasteiger partial charge is 0.311 e. The van der Waals surface area contributed by atoms with Crippen LogP contribution in [0.2, 0.25) is 0 Å². The van der Waals surface area contributed by atoms with Gasteiger partial charge in [0.15, 0.2) is 0 Å². The molecule has 16 atom stereocenters. The number of nitrogens with one attached hydrogen (secondary N) is 4. The Kier molecular flexibility index (Phi) is 10.1. The fourth-order valence-electron chi connectivity index (χ4n) is 11.8. The van der Waals surface area contributed by atoms with Gasteiger partial charge in [0, 0.05) is 48.3 Å². The van der Waals surface area contributed by atoms with Gasteiger partial charge in [0.2, 0.25) is 0 Å². The molecule has 0 aliphatic carbocycles. The second kappa shape index (κ2) is 13.0. The van der Waals surface area contributed by atoms with Gasteiger partial charge in [0.25, 0.3) is 0 Å². The van der Waals surface area contributed by atoms with Crippen molar-refractivity contribution in [3.63, 3.8) is 0 Å². The molecular weight excluding hydrogens is 476 g/mol. The minimum Gasteiger partial charge on any atom is -0.311 e. The topological polar surface area (TPSA) is 48.1 Å². The summed E-state index contributed by atoms with van der Waals surface area (Å²) in [5.41, 5.74) is 0. The summed E-state index contributed by atoms with van der Waals surface area (Å²) < 4.78 is 0. The number of fused-ring (bicyclic) bond motifs is 8. The van der Waals surface area contributed by atoms with E-state index in [2.05, 4.69) is 76.7 Å². The Morgan fingerprint density at radius 3 is 0.795 bits per heavy atom. The van der Waals surface area contributed by atoms with Crippen LogP contribution in [0, 0.1) is 47.3 Å². The highest BCUT2D eigenvalue weighted by Crippen LogP contribution is 2.46. The van der Waals surface area contributed by atoms with Gasteiger partial charge >= 0.3 is 0 Å². The summed E-state index contributed by atoms with van der Waals surface area (Å²) >= 11 is 0. The van der Waals surface area contributed by atoms with E-state index in [9.17, 15) is 0 Å². The molecule has 0 aromatic carbocycles. The zero-order valence-electron chi connectivity index (χ0n) is 27.0. The van der Waals surface area contributed by atoms with Crippen molar-refractivity contribution in [3.05, 3.63) is 0 Å². The normalized spacial score (nSPS) is 52.0. The van der Waals surface area contributed by atoms with Crippen LogP contribution in [0.3, 0.4) is 0 Å². The molecule has 4 heteroatoms. The summed E-state index contributed by atoms with van der Waals surface area (Å²) in [6.07, 6.45) is 14.6. The SMILES string of the molecule is CCC1C2CC3NC(CC4NC(CC5NC(CC(N2)C1C)C(CC)C5CC)C(CC)C4CC)C(CC)C3CC. The predicted molar refractivity (Wildman–Crippen MR) is 167 cm³/mol. The first-order chi connectivity index (χ1) is 18.9. The van der Waals surface area contributed by atoms with Crippen molar-refractivity contribution < 1.29 is 0 Å². The van der Waals surface area contributed by atoms with Gasteiger partial charge in [-0.2, -0.15) is 0 Å². The summed E-state index contributed by atoms with van der Waals surface area (Å²) in [6.45, 7) is 19.9. The molecule has 5 fully saturated rings. The number of hydrogen-bond donors (Lipinski definition) is 4. The first-order valence-corrected chi connectivity index (χ1v) is 18.0. The second-order valence-corrected chi connectivity index (χ2v) is 14.8. The molecule has 0 spiro atoms. The molecule has 0 aromatic rings. The van der Waals surface area contributed by atoms with Crippen LogP contribution in [-0.2, 0) is 0 Å². The minimum atomic E-state index is 0.664. The Morgan fingerprint density at radius 1 is 0.333 bits per heavy atom. The van der Waals surface area contributed by atoms with Gasteiger partial charge in [0.1, 0.15) is 0 Å². The van der Waals surface area contributed by atoms with Crippen LogP contribution in [0.1, 0.15) is 126 Å². The highest BCUT2D eigenvalue weighted by Gasteiger charge is 2.51. The third-order valence-corrected chi connectivity index (χ3v) is 13.6. The Bertz CT molecular complexity index is 770. The summed E-state index contributed by atoms with van der Waals surface area (Å²) in [7, 11) is 0. The average Bonchev–Trinajstić information content (AvgIpc) is 3.64. The maximum atomic E-state index is 4.36. The molecule has 4 nitrogen and oxygen atoms in total. The van der Waals surface area contributed by atoms with Crippen molar-refractivity contribution in [2.75, 3.05) is 0 Å². The van der Waals surface area contributed by atoms with E-state index in [-0.39, 0.29) is 0 Å². The van der Waals surface area contributed by atoms with Gasteiger partial charge in [-0.1, -0.05) is 100 Å². The quantitative estimate of drug-likeness (QED) is 0.288. The van der Waals surface area contributed by atoms with Crippen LogP contribution in [0.4, 0.5) is 0 Å². The van der Waals surface area contributed by atoms with Crippen LogP contribution in [0.5, 0.6) is 0 Å². The van der Waals surface area contributed by atoms with Crippen molar-refractivity contribution in [2.45, 2.75) is 174 Å². The maximum absolute atomic E-state index is 4.36. The Morgan fingerprint density at radius 2 is 0.538 bits per heavy atom. The van der Waals surface area contributed by atoms with Gasteiger partial charge in [-0.05, 0) is 73.0 Å². The fourth-order valence-corrected chi connectivity index (χ4v) is 11.8. The highest BCUT2D eigenvalue weighted by atomic mass is 15.1. The van der Waals surface area contributed by atoms with E-state index in [1.54, 1.807) is 0 Å². The van der Waals surface area contributed by atoms with Crippen molar-refractivity contribution in [2.24, 2.45) is 47.3 Å². The third-order valence-electron chi connectivity index (χ3n) is 13.6. The van der Waals surface area contributed by atoms with E-state index in [1.807, 2.05) is 0 Å². The smallest absolute Gasteiger partial charge is 0.0116 e. The molecule has 0 amide bonds. The summed E-state index contributed by atoms with van der Waals surface area (Å²) in [4.78, 5) is 0. The molecule has 226 valence electrons. The molecule has 5 saturated heterocycles. The zero-order chi connectivity index (χ0) is 27.8. The van der Waals surface area contributed by atoms with Crippen molar-refractivity contribution >= 4 is 0 Å². The lowest BCUT2D eigenvalue weighted by atomic mass is 9.75. The lowest BCUT2D eigenvalue weighted by Gasteiger charge is -2.28. The third kappa shape index (κ3) is 5.52. The first kappa shape index (κ1) is 30.3. The van der Waals surface area contributed by atoms with Gasteiger partial charge in [-0.3, -0.25) is 0 Å². The number of hydrogen-bond acceptors (Lipinski definition) is 4. The van der Waals surface area contributed by atoms with Gasteiger partial charge in [-0.25, -0.2) is 0 Å². The average molecular weight is 543 g/mol. The van der Waals surface area contributed by atoms with Gasteiger partial charge in [0.05, 0.1) is 0 Å². The summed E-state index contributed by atoms with van der Waals surface area (Å²) in [6, 6.07) is 5.40. The van der Waals surface area contributed by atoms with Crippen LogP contribution >= 0.6 is 0 Å². The summed E-state index contributed by atoms with van der Waals surface area (Å²) in [5, 5.41) is 17.4. The van der Waals surface area contributed by atoms with Gasteiger partial charge < -0.3 is 21.3 Å². The molecule has 5 heterocycles. The zero-order valence-corrected chi connectivity index (χ0v) is 27.0. The monoisotopic (exact) mass is 543 g/mol. The minimum absolute atomic E-state index is 0.664.